The van der Waals surface area contributed by atoms with E-state index in [-0.39, 0.29) is 0 Å². The Balaban J connectivity index is 2.03. The predicted octanol–water partition coefficient (Wildman–Crippen LogP) is 5.37. The Kier molecular flexibility index (Phi) is 9.13. The minimum atomic E-state index is 0.750. The minimum Gasteiger partial charge on any atom is -0.502 e. The summed E-state index contributed by atoms with van der Waals surface area (Å²) in [5.74, 6) is 0. The molecule has 0 spiro atoms. The van der Waals surface area contributed by atoms with Crippen LogP contribution in [0.4, 0.5) is 0 Å². The zero-order valence-corrected chi connectivity index (χ0v) is 11.8. The van der Waals surface area contributed by atoms with Gasteiger partial charge in [-0.3, -0.25) is 0 Å². The zero-order valence-electron chi connectivity index (χ0n) is 11.8. The molecule has 1 heteroatoms. The maximum atomic E-state index is 5.12. The third-order valence-electron chi connectivity index (χ3n) is 2.64. The van der Waals surface area contributed by atoms with Gasteiger partial charge in [0.25, 0.3) is 0 Å². The van der Waals surface area contributed by atoms with Crippen molar-refractivity contribution in [3.8, 4) is 0 Å². The van der Waals surface area contributed by atoms with Crippen LogP contribution in [0.2, 0.25) is 0 Å². The van der Waals surface area contributed by atoms with Crippen molar-refractivity contribution < 1.29 is 4.74 Å². The van der Waals surface area contributed by atoms with Gasteiger partial charge < -0.3 is 4.74 Å². The molecule has 19 heavy (non-hydrogen) atoms. The summed E-state index contributed by atoms with van der Waals surface area (Å²) in [5, 5.41) is 0. The van der Waals surface area contributed by atoms with Gasteiger partial charge >= 0.3 is 0 Å². The van der Waals surface area contributed by atoms with E-state index in [0.717, 1.165) is 32.3 Å². The van der Waals surface area contributed by atoms with Crippen LogP contribution in [0, 0.1) is 0 Å². The van der Waals surface area contributed by atoms with Gasteiger partial charge in [-0.25, -0.2) is 0 Å². The van der Waals surface area contributed by atoms with Crippen molar-refractivity contribution in [2.45, 2.75) is 32.6 Å². The van der Waals surface area contributed by atoms with Gasteiger partial charge in [-0.15, -0.1) is 0 Å². The van der Waals surface area contributed by atoms with Crippen LogP contribution in [0.5, 0.6) is 0 Å². The summed E-state index contributed by atoms with van der Waals surface area (Å²) in [6.07, 6.45) is 17.1. The fraction of sp³-hybridized carbons (Fsp3) is 0.333. The fourth-order valence-electron chi connectivity index (χ4n) is 1.64. The molecule has 1 aromatic rings. The second-order valence-corrected chi connectivity index (χ2v) is 4.27. The second-order valence-electron chi connectivity index (χ2n) is 4.27. The van der Waals surface area contributed by atoms with Gasteiger partial charge in [-0.05, 0) is 44.2 Å². The van der Waals surface area contributed by atoms with Crippen LogP contribution in [-0.2, 0) is 4.74 Å². The van der Waals surface area contributed by atoms with Gasteiger partial charge in [-0.2, -0.15) is 0 Å². The maximum absolute atomic E-state index is 5.12. The third-order valence-corrected chi connectivity index (χ3v) is 2.64. The number of benzene rings is 1. The Labute approximate surface area is 117 Å². The SMILES string of the molecule is CCO/C=C/CC/C=C/CC/C=C/c1ccccc1. The summed E-state index contributed by atoms with van der Waals surface area (Å²) in [6.45, 7) is 2.74. The maximum Gasteiger partial charge on any atom is 0.0845 e. The van der Waals surface area contributed by atoms with E-state index in [4.69, 9.17) is 4.74 Å². The van der Waals surface area contributed by atoms with Crippen molar-refractivity contribution in [1.29, 1.82) is 0 Å². The number of hydrogen-bond donors (Lipinski definition) is 0. The van der Waals surface area contributed by atoms with E-state index in [9.17, 15) is 0 Å². The van der Waals surface area contributed by atoms with Gasteiger partial charge in [-0.1, -0.05) is 54.6 Å². The molecule has 0 atom stereocenters. The largest absolute Gasteiger partial charge is 0.502 e. The fourth-order valence-corrected chi connectivity index (χ4v) is 1.64. The van der Waals surface area contributed by atoms with Gasteiger partial charge in [0.1, 0.15) is 0 Å². The first-order chi connectivity index (χ1) is 9.43. The lowest BCUT2D eigenvalue weighted by Gasteiger charge is -1.92. The Bertz CT molecular complexity index is 387. The van der Waals surface area contributed by atoms with Crippen molar-refractivity contribution in [2.24, 2.45) is 0 Å². The van der Waals surface area contributed by atoms with E-state index in [1.165, 1.54) is 5.56 Å². The number of hydrogen-bond acceptors (Lipinski definition) is 1. The van der Waals surface area contributed by atoms with E-state index in [0.29, 0.717) is 0 Å². The Morgan fingerprint density at radius 3 is 2.16 bits per heavy atom. The second kappa shape index (κ2) is 11.3. The summed E-state index contributed by atoms with van der Waals surface area (Å²) in [7, 11) is 0. The van der Waals surface area contributed by atoms with E-state index < -0.39 is 0 Å². The average Bonchev–Trinajstić information content (AvgIpc) is 2.46. The molecule has 0 aliphatic rings. The number of allylic oxidation sites excluding steroid dienone is 4. The Hall–Kier alpha value is -1.76. The molecule has 0 unspecified atom stereocenters. The Morgan fingerprint density at radius 1 is 0.842 bits per heavy atom. The molecule has 0 N–H and O–H groups in total. The van der Waals surface area contributed by atoms with Gasteiger partial charge in [0.2, 0.25) is 0 Å². The number of unbranched alkanes of at least 4 members (excludes halogenated alkanes) is 2. The molecule has 0 radical (unpaired) electrons. The molecular formula is C18H24O. The van der Waals surface area contributed by atoms with E-state index in [1.807, 2.05) is 13.0 Å². The third kappa shape index (κ3) is 8.90. The van der Waals surface area contributed by atoms with Crippen LogP contribution in [-0.4, -0.2) is 6.61 Å². The van der Waals surface area contributed by atoms with Crippen LogP contribution in [0.25, 0.3) is 6.08 Å². The van der Waals surface area contributed by atoms with Crippen molar-refractivity contribution >= 4 is 6.08 Å². The molecule has 0 bridgehead atoms. The predicted molar refractivity (Wildman–Crippen MR) is 83.9 cm³/mol. The standard InChI is InChI=1S/C18H24O/c1-2-19-17-13-8-6-4-3-5-7-10-14-18-15-11-9-12-16-18/h3-4,9-17H,2,5-8H2,1H3/b4-3+,14-10+,17-13+. The quantitative estimate of drug-likeness (QED) is 0.328. The van der Waals surface area contributed by atoms with Crippen LogP contribution in [0.3, 0.4) is 0 Å². The van der Waals surface area contributed by atoms with Crippen molar-refractivity contribution in [3.05, 3.63) is 66.5 Å². The monoisotopic (exact) mass is 256 g/mol. The molecule has 1 rings (SSSR count). The minimum absolute atomic E-state index is 0.750. The van der Waals surface area contributed by atoms with Gasteiger partial charge in [0.15, 0.2) is 0 Å². The van der Waals surface area contributed by atoms with Crippen LogP contribution >= 0.6 is 0 Å². The van der Waals surface area contributed by atoms with E-state index in [2.05, 4.69) is 54.6 Å². The summed E-state index contributed by atoms with van der Waals surface area (Å²) >= 11 is 0. The highest BCUT2D eigenvalue weighted by molar-refractivity contribution is 5.48. The van der Waals surface area contributed by atoms with E-state index >= 15 is 0 Å². The molecule has 0 aromatic heterocycles. The molecule has 0 aliphatic heterocycles. The molecule has 0 saturated carbocycles. The lowest BCUT2D eigenvalue weighted by Crippen LogP contribution is -1.76. The molecule has 102 valence electrons. The topological polar surface area (TPSA) is 9.23 Å². The lowest BCUT2D eigenvalue weighted by molar-refractivity contribution is 0.268. The van der Waals surface area contributed by atoms with E-state index in [1.54, 1.807) is 6.26 Å². The van der Waals surface area contributed by atoms with Crippen molar-refractivity contribution in [3.63, 3.8) is 0 Å². The zero-order chi connectivity index (χ0) is 13.6. The van der Waals surface area contributed by atoms with Crippen LogP contribution in [0.15, 0.2) is 60.9 Å². The highest BCUT2D eigenvalue weighted by atomic mass is 16.5. The first-order valence-corrected chi connectivity index (χ1v) is 7.06. The molecular weight excluding hydrogens is 232 g/mol. The first-order valence-electron chi connectivity index (χ1n) is 7.06. The highest BCUT2D eigenvalue weighted by Crippen LogP contribution is 2.03. The molecule has 0 aliphatic carbocycles. The number of ether oxygens (including phenoxy) is 1. The smallest absolute Gasteiger partial charge is 0.0845 e. The van der Waals surface area contributed by atoms with Crippen LogP contribution in [0.1, 0.15) is 38.2 Å². The van der Waals surface area contributed by atoms with Gasteiger partial charge in [0, 0.05) is 0 Å². The molecule has 0 heterocycles. The summed E-state index contributed by atoms with van der Waals surface area (Å²) in [6, 6.07) is 10.4. The molecule has 0 amide bonds. The van der Waals surface area contributed by atoms with Crippen LogP contribution < -0.4 is 0 Å². The van der Waals surface area contributed by atoms with Crippen molar-refractivity contribution in [2.75, 3.05) is 6.61 Å². The summed E-state index contributed by atoms with van der Waals surface area (Å²) < 4.78 is 5.12. The summed E-state index contributed by atoms with van der Waals surface area (Å²) in [5.41, 5.74) is 1.27. The Morgan fingerprint density at radius 2 is 1.47 bits per heavy atom. The first kappa shape index (κ1) is 15.3. The normalized spacial score (nSPS) is 11.8. The highest BCUT2D eigenvalue weighted by Gasteiger charge is 1.82. The average molecular weight is 256 g/mol. The molecule has 0 saturated heterocycles. The summed E-state index contributed by atoms with van der Waals surface area (Å²) in [4.78, 5) is 0. The molecule has 0 fully saturated rings. The lowest BCUT2D eigenvalue weighted by atomic mass is 10.2. The number of rotatable bonds is 9. The molecule has 1 aromatic carbocycles. The molecule has 1 nitrogen and oxygen atoms in total. The van der Waals surface area contributed by atoms with Gasteiger partial charge in [0.05, 0.1) is 12.9 Å². The van der Waals surface area contributed by atoms with Crippen molar-refractivity contribution in [1.82, 2.24) is 0 Å².